The smallest absolute Gasteiger partial charge is 0.404 e. The second-order valence-corrected chi connectivity index (χ2v) is 10.6. The van der Waals surface area contributed by atoms with Crippen molar-refractivity contribution in [3.8, 4) is 6.07 Å². The van der Waals surface area contributed by atoms with E-state index in [-0.39, 0.29) is 23.6 Å². The minimum Gasteiger partial charge on any atom is -0.404 e. The molecule has 1 heterocycles. The number of rotatable bonds is 6. The number of nitrogens with zero attached hydrogens (tertiary/aromatic N) is 1. The molecule has 4 rings (SSSR count). The monoisotopic (exact) mass is 374 g/mol. The van der Waals surface area contributed by atoms with E-state index in [2.05, 4.69) is 32.2 Å². The lowest BCUT2D eigenvalue weighted by Gasteiger charge is -2.64. The van der Waals surface area contributed by atoms with Crippen molar-refractivity contribution in [3.63, 3.8) is 0 Å². The number of nitrogens with one attached hydrogen (secondary N) is 1. The molecule has 4 fully saturated rings. The molecule has 2 bridgehead atoms. The number of amides is 1. The molecular formula is C21H35BN2O3. The molecule has 5 unspecified atom stereocenters. The topological polar surface area (TPSA) is 71.4 Å². The van der Waals surface area contributed by atoms with E-state index < -0.39 is 12.5 Å². The normalized spacial score (nSPS) is 35.0. The summed E-state index contributed by atoms with van der Waals surface area (Å²) >= 11 is 0. The van der Waals surface area contributed by atoms with E-state index >= 15 is 0 Å². The SMILES string of the molecule is CC(C)(C)C(=O)NC(CCCCC#N)B1OC2CC3CC(C3(C)C)C2(C)O1. The zero-order valence-corrected chi connectivity index (χ0v) is 17.8. The lowest BCUT2D eigenvalue weighted by Crippen LogP contribution is -2.65. The van der Waals surface area contributed by atoms with Crippen LogP contribution in [0.25, 0.3) is 0 Å². The van der Waals surface area contributed by atoms with Crippen LogP contribution >= 0.6 is 0 Å². The first-order valence-electron chi connectivity index (χ1n) is 10.5. The molecule has 27 heavy (non-hydrogen) atoms. The highest BCUT2D eigenvalue weighted by molar-refractivity contribution is 6.47. The fourth-order valence-electron chi connectivity index (χ4n) is 5.30. The molecular weight excluding hydrogens is 339 g/mol. The average Bonchev–Trinajstić information content (AvgIpc) is 2.93. The van der Waals surface area contributed by atoms with E-state index in [1.54, 1.807) is 0 Å². The summed E-state index contributed by atoms with van der Waals surface area (Å²) in [6.45, 7) is 12.7. The Labute approximate surface area is 164 Å². The second-order valence-electron chi connectivity index (χ2n) is 10.6. The van der Waals surface area contributed by atoms with Crippen LogP contribution in [0.15, 0.2) is 0 Å². The van der Waals surface area contributed by atoms with Gasteiger partial charge in [-0.15, -0.1) is 0 Å². The van der Waals surface area contributed by atoms with Crippen LogP contribution < -0.4 is 5.32 Å². The first kappa shape index (κ1) is 20.7. The largest absolute Gasteiger partial charge is 0.481 e. The van der Waals surface area contributed by atoms with Gasteiger partial charge < -0.3 is 14.6 Å². The van der Waals surface area contributed by atoms with Crippen LogP contribution in [0.2, 0.25) is 0 Å². The fourth-order valence-corrected chi connectivity index (χ4v) is 5.30. The number of hydrogen-bond donors (Lipinski definition) is 1. The number of unbranched alkanes of at least 4 members (excludes halogenated alkanes) is 2. The lowest BCUT2D eigenvalue weighted by molar-refractivity contribution is -0.199. The van der Waals surface area contributed by atoms with Gasteiger partial charge in [-0.2, -0.15) is 5.26 Å². The Bertz CT molecular complexity index is 624. The fraction of sp³-hybridized carbons (Fsp3) is 0.905. The van der Waals surface area contributed by atoms with Crippen molar-refractivity contribution in [2.75, 3.05) is 0 Å². The van der Waals surface area contributed by atoms with E-state index in [0.717, 1.165) is 25.7 Å². The van der Waals surface area contributed by atoms with E-state index in [0.29, 0.717) is 23.7 Å². The van der Waals surface area contributed by atoms with Crippen molar-refractivity contribution < 1.29 is 14.1 Å². The van der Waals surface area contributed by atoms with Gasteiger partial charge in [-0.1, -0.05) is 41.0 Å². The highest BCUT2D eigenvalue weighted by Crippen LogP contribution is 2.65. The third kappa shape index (κ3) is 3.65. The van der Waals surface area contributed by atoms with Crippen molar-refractivity contribution in [3.05, 3.63) is 0 Å². The van der Waals surface area contributed by atoms with Gasteiger partial charge in [-0.3, -0.25) is 4.79 Å². The van der Waals surface area contributed by atoms with Crippen LogP contribution in [-0.4, -0.2) is 30.7 Å². The van der Waals surface area contributed by atoms with Gasteiger partial charge in [0.25, 0.3) is 0 Å². The lowest BCUT2D eigenvalue weighted by atomic mass is 9.43. The molecule has 1 aliphatic heterocycles. The Kier molecular flexibility index (Phi) is 5.42. The third-order valence-corrected chi connectivity index (χ3v) is 7.35. The van der Waals surface area contributed by atoms with Crippen LogP contribution in [0.1, 0.15) is 80.1 Å². The second kappa shape index (κ2) is 7.08. The summed E-state index contributed by atoms with van der Waals surface area (Å²) in [4.78, 5) is 12.6. The highest BCUT2D eigenvalue weighted by atomic mass is 16.7. The minimum absolute atomic E-state index is 0.0182. The number of carbonyl (C=O) groups excluding carboxylic acids is 1. The van der Waals surface area contributed by atoms with Crippen LogP contribution in [-0.2, 0) is 14.1 Å². The highest BCUT2D eigenvalue weighted by Gasteiger charge is 2.68. The third-order valence-electron chi connectivity index (χ3n) is 7.35. The summed E-state index contributed by atoms with van der Waals surface area (Å²) in [5.74, 6) is 1.07. The van der Waals surface area contributed by atoms with Crippen molar-refractivity contribution >= 4 is 13.0 Å². The van der Waals surface area contributed by atoms with Crippen LogP contribution in [0.4, 0.5) is 0 Å². The first-order valence-corrected chi connectivity index (χ1v) is 10.5. The van der Waals surface area contributed by atoms with Crippen LogP contribution in [0, 0.1) is 34.0 Å². The molecule has 0 aromatic heterocycles. The molecule has 0 aromatic carbocycles. The molecule has 0 aromatic rings. The molecule has 5 atom stereocenters. The van der Waals surface area contributed by atoms with Gasteiger partial charge in [-0.05, 0) is 49.9 Å². The molecule has 1 amide bonds. The molecule has 1 N–H and O–H groups in total. The van der Waals surface area contributed by atoms with Gasteiger partial charge in [0.15, 0.2) is 0 Å². The molecule has 5 nitrogen and oxygen atoms in total. The zero-order chi connectivity index (χ0) is 20.0. The van der Waals surface area contributed by atoms with Gasteiger partial charge in [0.2, 0.25) is 5.91 Å². The quantitative estimate of drug-likeness (QED) is 0.566. The number of carbonyl (C=O) groups is 1. The van der Waals surface area contributed by atoms with E-state index in [9.17, 15) is 4.79 Å². The molecule has 3 saturated carbocycles. The summed E-state index contributed by atoms with van der Waals surface area (Å²) < 4.78 is 13.0. The summed E-state index contributed by atoms with van der Waals surface area (Å²) in [7, 11) is -0.400. The van der Waals surface area contributed by atoms with Gasteiger partial charge in [-0.25, -0.2) is 0 Å². The predicted octanol–water partition coefficient (Wildman–Crippen LogP) is 3.87. The zero-order valence-electron chi connectivity index (χ0n) is 17.8. The van der Waals surface area contributed by atoms with Crippen molar-refractivity contribution in [2.45, 2.75) is 97.7 Å². The van der Waals surface area contributed by atoms with Gasteiger partial charge in [0.1, 0.15) is 0 Å². The van der Waals surface area contributed by atoms with E-state index in [1.807, 2.05) is 20.8 Å². The maximum Gasteiger partial charge on any atom is 0.481 e. The molecule has 4 aliphatic rings. The number of hydrogen-bond acceptors (Lipinski definition) is 4. The summed E-state index contributed by atoms with van der Waals surface area (Å²) in [5, 5.41) is 12.0. The molecule has 1 saturated heterocycles. The van der Waals surface area contributed by atoms with Crippen molar-refractivity contribution in [1.29, 1.82) is 5.26 Å². The predicted molar refractivity (Wildman–Crippen MR) is 106 cm³/mol. The molecule has 0 radical (unpaired) electrons. The van der Waals surface area contributed by atoms with Crippen molar-refractivity contribution in [1.82, 2.24) is 5.32 Å². The maximum atomic E-state index is 12.6. The van der Waals surface area contributed by atoms with Gasteiger partial charge in [0, 0.05) is 11.8 Å². The summed E-state index contributed by atoms with van der Waals surface area (Å²) in [6, 6.07) is 2.19. The molecule has 150 valence electrons. The minimum atomic E-state index is -0.455. The summed E-state index contributed by atoms with van der Waals surface area (Å²) in [6.07, 6.45) is 5.42. The van der Waals surface area contributed by atoms with E-state index in [4.69, 9.17) is 14.6 Å². The molecule has 6 heteroatoms. The Hall–Kier alpha value is -1.06. The van der Waals surface area contributed by atoms with Crippen LogP contribution in [0.3, 0.4) is 0 Å². The molecule has 3 aliphatic carbocycles. The Morgan fingerprint density at radius 1 is 1.30 bits per heavy atom. The Morgan fingerprint density at radius 2 is 2.00 bits per heavy atom. The first-order chi connectivity index (χ1) is 12.5. The van der Waals surface area contributed by atoms with Gasteiger partial charge in [0.05, 0.1) is 23.7 Å². The standard InChI is InChI=1S/C21H35BN2O3/c1-19(2,3)18(25)24-17(10-8-7-9-11-23)22-26-16-13-14-12-15(20(14,4)5)21(16,6)27-22/h14-17H,7-10,12-13H2,1-6H3,(H,24,25). The van der Waals surface area contributed by atoms with E-state index in [1.165, 1.54) is 6.42 Å². The van der Waals surface area contributed by atoms with Crippen molar-refractivity contribution in [2.24, 2.45) is 22.7 Å². The Balaban J connectivity index is 1.71. The van der Waals surface area contributed by atoms with Gasteiger partial charge >= 0.3 is 7.12 Å². The average molecular weight is 374 g/mol. The number of nitriles is 1. The maximum absolute atomic E-state index is 12.6. The summed E-state index contributed by atoms with van der Waals surface area (Å²) in [5.41, 5.74) is -0.412. The molecule has 0 spiro atoms. The Morgan fingerprint density at radius 3 is 2.59 bits per heavy atom. The van der Waals surface area contributed by atoms with Crippen LogP contribution in [0.5, 0.6) is 0 Å².